The second-order valence-electron chi connectivity index (χ2n) is 8.94. The summed E-state index contributed by atoms with van der Waals surface area (Å²) in [5.74, 6) is 2.24. The van der Waals surface area contributed by atoms with Crippen LogP contribution < -0.4 is 15.1 Å². The SMILES string of the molecule is COCCN(CCOC)c1cc(NCc2ccc(Cl)cc2Cl)nc(N2CCN(C(=O)C(C)C)CC2)n1. The molecule has 2 heterocycles. The highest BCUT2D eigenvalue weighted by Crippen LogP contribution is 2.25. The highest BCUT2D eigenvalue weighted by molar-refractivity contribution is 6.35. The van der Waals surface area contributed by atoms with E-state index in [4.69, 9.17) is 42.6 Å². The van der Waals surface area contributed by atoms with Gasteiger partial charge in [0.25, 0.3) is 0 Å². The molecular weight excluding hydrogens is 503 g/mol. The molecule has 0 radical (unpaired) electrons. The second kappa shape index (κ2) is 13.8. The lowest BCUT2D eigenvalue weighted by Crippen LogP contribution is -2.50. The van der Waals surface area contributed by atoms with Crippen LogP contribution in [-0.4, -0.2) is 87.5 Å². The third-order valence-electron chi connectivity index (χ3n) is 6.00. The predicted octanol–water partition coefficient (Wildman–Crippen LogP) is 3.80. The van der Waals surface area contributed by atoms with E-state index in [1.807, 2.05) is 36.9 Å². The molecule has 0 atom stereocenters. The molecule has 1 aromatic heterocycles. The molecule has 0 bridgehead atoms. The highest BCUT2D eigenvalue weighted by atomic mass is 35.5. The van der Waals surface area contributed by atoms with Crippen LogP contribution in [0.5, 0.6) is 0 Å². The molecule has 3 rings (SSSR count). The zero-order valence-electron chi connectivity index (χ0n) is 21.5. The summed E-state index contributed by atoms with van der Waals surface area (Å²) in [6, 6.07) is 7.37. The molecule has 0 saturated carbocycles. The van der Waals surface area contributed by atoms with E-state index in [1.54, 1.807) is 20.3 Å². The molecule has 1 amide bonds. The third-order valence-corrected chi connectivity index (χ3v) is 6.59. The minimum absolute atomic E-state index is 0.0123. The van der Waals surface area contributed by atoms with Gasteiger partial charge in [-0.15, -0.1) is 0 Å². The van der Waals surface area contributed by atoms with Crippen molar-refractivity contribution in [2.75, 3.05) is 81.8 Å². The van der Waals surface area contributed by atoms with Crippen LogP contribution in [0.15, 0.2) is 24.3 Å². The van der Waals surface area contributed by atoms with Gasteiger partial charge in [0.2, 0.25) is 11.9 Å². The number of amides is 1. The minimum Gasteiger partial charge on any atom is -0.383 e. The predicted molar refractivity (Wildman–Crippen MR) is 145 cm³/mol. The molecule has 0 aliphatic carbocycles. The summed E-state index contributed by atoms with van der Waals surface area (Å²) in [5, 5.41) is 4.58. The van der Waals surface area contributed by atoms with Crippen LogP contribution in [0.3, 0.4) is 0 Å². The van der Waals surface area contributed by atoms with Crippen molar-refractivity contribution in [1.82, 2.24) is 14.9 Å². The van der Waals surface area contributed by atoms with E-state index < -0.39 is 0 Å². The molecule has 198 valence electrons. The Kier molecular flexibility index (Phi) is 10.9. The first kappa shape index (κ1) is 28.2. The number of halogens is 2. The quantitative estimate of drug-likeness (QED) is 0.436. The minimum atomic E-state index is -0.0123. The number of piperazine rings is 1. The van der Waals surface area contributed by atoms with Crippen molar-refractivity contribution >= 4 is 46.7 Å². The average molecular weight is 540 g/mol. The Morgan fingerprint density at radius 1 is 1.06 bits per heavy atom. The highest BCUT2D eigenvalue weighted by Gasteiger charge is 2.25. The Balaban J connectivity index is 1.84. The van der Waals surface area contributed by atoms with Crippen molar-refractivity contribution in [1.29, 1.82) is 0 Å². The molecular formula is C25H36Cl2N6O3. The summed E-state index contributed by atoms with van der Waals surface area (Å²) in [7, 11) is 3.36. The maximum absolute atomic E-state index is 12.4. The van der Waals surface area contributed by atoms with E-state index in [0.29, 0.717) is 80.8 Å². The van der Waals surface area contributed by atoms with Crippen molar-refractivity contribution in [3.05, 3.63) is 39.9 Å². The van der Waals surface area contributed by atoms with Crippen molar-refractivity contribution < 1.29 is 14.3 Å². The maximum atomic E-state index is 12.4. The molecule has 11 heteroatoms. The van der Waals surface area contributed by atoms with Gasteiger partial charge in [-0.25, -0.2) is 0 Å². The lowest BCUT2D eigenvalue weighted by Gasteiger charge is -2.36. The van der Waals surface area contributed by atoms with E-state index in [-0.39, 0.29) is 11.8 Å². The largest absolute Gasteiger partial charge is 0.383 e. The molecule has 9 nitrogen and oxygen atoms in total. The number of carbonyl (C=O) groups is 1. The number of aromatic nitrogens is 2. The molecule has 1 aliphatic heterocycles. The number of anilines is 3. The van der Waals surface area contributed by atoms with Gasteiger partial charge in [0.05, 0.1) is 13.2 Å². The van der Waals surface area contributed by atoms with Crippen LogP contribution in [0.4, 0.5) is 17.6 Å². The van der Waals surface area contributed by atoms with E-state index >= 15 is 0 Å². The maximum Gasteiger partial charge on any atom is 0.229 e. The summed E-state index contributed by atoms with van der Waals surface area (Å²) in [4.78, 5) is 28.3. The number of benzene rings is 1. The monoisotopic (exact) mass is 538 g/mol. The fourth-order valence-corrected chi connectivity index (χ4v) is 4.38. The van der Waals surface area contributed by atoms with Crippen LogP contribution in [0.2, 0.25) is 10.0 Å². The van der Waals surface area contributed by atoms with Gasteiger partial charge in [-0.05, 0) is 17.7 Å². The van der Waals surface area contributed by atoms with Crippen LogP contribution >= 0.6 is 23.2 Å². The molecule has 0 unspecified atom stereocenters. The van der Waals surface area contributed by atoms with Gasteiger partial charge < -0.3 is 29.5 Å². The topological polar surface area (TPSA) is 83.1 Å². The van der Waals surface area contributed by atoms with Gasteiger partial charge >= 0.3 is 0 Å². The second-order valence-corrected chi connectivity index (χ2v) is 9.78. The Hall–Kier alpha value is -2.33. The summed E-state index contributed by atoms with van der Waals surface area (Å²) < 4.78 is 10.6. The molecule has 1 N–H and O–H groups in total. The fraction of sp³-hybridized carbons (Fsp3) is 0.560. The van der Waals surface area contributed by atoms with Gasteiger partial charge in [-0.1, -0.05) is 43.1 Å². The zero-order valence-corrected chi connectivity index (χ0v) is 23.0. The molecule has 2 aromatic rings. The number of hydrogen-bond donors (Lipinski definition) is 1. The normalized spacial score (nSPS) is 13.9. The molecule has 0 spiro atoms. The smallest absolute Gasteiger partial charge is 0.229 e. The Morgan fingerprint density at radius 2 is 1.72 bits per heavy atom. The van der Waals surface area contributed by atoms with Gasteiger partial charge in [0.1, 0.15) is 11.6 Å². The Morgan fingerprint density at radius 3 is 2.31 bits per heavy atom. The van der Waals surface area contributed by atoms with Crippen LogP contribution in [0.25, 0.3) is 0 Å². The Labute approximate surface area is 223 Å². The van der Waals surface area contributed by atoms with Crippen molar-refractivity contribution in [2.24, 2.45) is 5.92 Å². The summed E-state index contributed by atoms with van der Waals surface area (Å²) in [6.07, 6.45) is 0. The first-order valence-corrected chi connectivity index (χ1v) is 12.9. The van der Waals surface area contributed by atoms with Crippen molar-refractivity contribution in [3.8, 4) is 0 Å². The van der Waals surface area contributed by atoms with Gasteiger partial charge in [0.15, 0.2) is 0 Å². The Bertz CT molecular complexity index is 994. The van der Waals surface area contributed by atoms with E-state index in [2.05, 4.69) is 15.1 Å². The number of rotatable bonds is 12. The van der Waals surface area contributed by atoms with E-state index in [9.17, 15) is 4.79 Å². The fourth-order valence-electron chi connectivity index (χ4n) is 3.90. The van der Waals surface area contributed by atoms with E-state index in [1.165, 1.54) is 0 Å². The van der Waals surface area contributed by atoms with Crippen LogP contribution in [-0.2, 0) is 20.8 Å². The molecule has 1 aliphatic rings. The van der Waals surface area contributed by atoms with Gasteiger partial charge in [-0.2, -0.15) is 9.97 Å². The number of ether oxygens (including phenoxy) is 2. The number of methoxy groups -OCH3 is 2. The van der Waals surface area contributed by atoms with Crippen LogP contribution in [0, 0.1) is 5.92 Å². The van der Waals surface area contributed by atoms with Crippen molar-refractivity contribution in [3.63, 3.8) is 0 Å². The summed E-state index contributed by atoms with van der Waals surface area (Å²) in [5.41, 5.74) is 0.916. The standard InChI is InChI=1S/C25H36Cl2N6O3/c1-18(2)24(34)32-7-9-33(10-8-32)25-29-22(28-17-19-5-6-20(26)15-21(19)27)16-23(30-25)31(11-13-35-3)12-14-36-4/h5-6,15-16,18H,7-14,17H2,1-4H3,(H,28,29,30). The lowest BCUT2D eigenvalue weighted by molar-refractivity contribution is -0.134. The number of carbonyl (C=O) groups excluding carboxylic acids is 1. The molecule has 36 heavy (non-hydrogen) atoms. The summed E-state index contributed by atoms with van der Waals surface area (Å²) in [6.45, 7) is 9.41. The van der Waals surface area contributed by atoms with Crippen LogP contribution in [0.1, 0.15) is 19.4 Å². The van der Waals surface area contributed by atoms with Gasteiger partial charge in [0, 0.05) is 82.1 Å². The molecule has 1 aromatic carbocycles. The van der Waals surface area contributed by atoms with Crippen molar-refractivity contribution in [2.45, 2.75) is 20.4 Å². The number of nitrogens with zero attached hydrogens (tertiary/aromatic N) is 5. The molecule has 1 fully saturated rings. The van der Waals surface area contributed by atoms with Gasteiger partial charge in [-0.3, -0.25) is 4.79 Å². The number of nitrogens with one attached hydrogen (secondary N) is 1. The average Bonchev–Trinajstić information content (AvgIpc) is 2.87. The first-order chi connectivity index (χ1) is 17.3. The van der Waals surface area contributed by atoms with E-state index in [0.717, 1.165) is 11.4 Å². The lowest BCUT2D eigenvalue weighted by atomic mass is 10.1. The zero-order chi connectivity index (χ0) is 26.1. The summed E-state index contributed by atoms with van der Waals surface area (Å²) >= 11 is 12.4. The number of hydrogen-bond acceptors (Lipinski definition) is 8. The third kappa shape index (κ3) is 7.83. The molecule has 1 saturated heterocycles. The first-order valence-electron chi connectivity index (χ1n) is 12.2.